The lowest BCUT2D eigenvalue weighted by atomic mass is 9.89. The molecule has 1 aromatic carbocycles. The third-order valence-corrected chi connectivity index (χ3v) is 2.97. The fraction of sp³-hybridized carbons (Fsp3) is 0.333. The summed E-state index contributed by atoms with van der Waals surface area (Å²) in [6, 6.07) is 5.36. The van der Waals surface area contributed by atoms with Gasteiger partial charge >= 0.3 is 0 Å². The van der Waals surface area contributed by atoms with Crippen molar-refractivity contribution in [1.29, 1.82) is 0 Å². The first-order valence-corrected chi connectivity index (χ1v) is 4.95. The van der Waals surface area contributed by atoms with Gasteiger partial charge in [0, 0.05) is 10.0 Å². The van der Waals surface area contributed by atoms with Gasteiger partial charge in [-0.1, -0.05) is 29.3 Å². The minimum atomic E-state index is -0.346. The minimum absolute atomic E-state index is 0.346. The van der Waals surface area contributed by atoms with Crippen LogP contribution in [-0.2, 0) is 10.3 Å². The normalized spacial score (nSPS) is 19.1. The number of rotatable bonds is 2. The van der Waals surface area contributed by atoms with Crippen LogP contribution < -0.4 is 11.3 Å². The summed E-state index contributed by atoms with van der Waals surface area (Å²) in [5, 5.41) is 1.23. The van der Waals surface area contributed by atoms with Gasteiger partial charge in [-0.15, -0.1) is 0 Å². The Labute approximate surface area is 92.1 Å². The molecule has 3 N–H and O–H groups in total. The molecule has 0 aliphatic carbocycles. The lowest BCUT2D eigenvalue weighted by Crippen LogP contribution is -2.60. The summed E-state index contributed by atoms with van der Waals surface area (Å²) in [4.78, 5) is 0. The number of nitrogens with one attached hydrogen (secondary N) is 1. The largest absolute Gasteiger partial charge is 0.377 e. The Kier molecular flexibility index (Phi) is 2.68. The fourth-order valence-corrected chi connectivity index (χ4v) is 2.09. The summed E-state index contributed by atoms with van der Waals surface area (Å²) in [5.41, 5.74) is 3.32. The minimum Gasteiger partial charge on any atom is -0.377 e. The number of hydrogen-bond acceptors (Lipinski definition) is 3. The van der Waals surface area contributed by atoms with E-state index in [9.17, 15) is 0 Å². The summed E-state index contributed by atoms with van der Waals surface area (Å²) in [6.45, 7) is 1.07. The third kappa shape index (κ3) is 1.51. The second-order valence-electron chi connectivity index (χ2n) is 3.34. The lowest BCUT2D eigenvalue weighted by Gasteiger charge is -2.41. The second-order valence-corrected chi connectivity index (χ2v) is 4.19. The molecule has 0 radical (unpaired) electrons. The number of ether oxygens (including phenoxy) is 1. The van der Waals surface area contributed by atoms with Crippen LogP contribution in [0.1, 0.15) is 5.56 Å². The van der Waals surface area contributed by atoms with Crippen LogP contribution in [0.4, 0.5) is 0 Å². The Balaban J connectivity index is 2.40. The van der Waals surface area contributed by atoms with E-state index in [4.69, 9.17) is 33.8 Å². The van der Waals surface area contributed by atoms with Crippen LogP contribution in [0.15, 0.2) is 18.2 Å². The highest BCUT2D eigenvalue weighted by molar-refractivity contribution is 6.35. The number of hydrazine groups is 1. The zero-order valence-electron chi connectivity index (χ0n) is 7.39. The maximum atomic E-state index is 6.07. The molecule has 1 saturated heterocycles. The quantitative estimate of drug-likeness (QED) is 0.603. The molecule has 14 heavy (non-hydrogen) atoms. The van der Waals surface area contributed by atoms with Crippen molar-refractivity contribution in [2.45, 2.75) is 5.54 Å². The summed E-state index contributed by atoms with van der Waals surface area (Å²) < 4.78 is 5.13. The Bertz CT molecular complexity index is 347. The maximum Gasteiger partial charge on any atom is 0.105 e. The molecule has 0 amide bonds. The smallest absolute Gasteiger partial charge is 0.105 e. The lowest BCUT2D eigenvalue weighted by molar-refractivity contribution is -0.0786. The summed E-state index contributed by atoms with van der Waals surface area (Å²) in [5.74, 6) is 5.49. The van der Waals surface area contributed by atoms with Crippen LogP contribution in [0.25, 0.3) is 0 Å². The molecule has 0 atom stereocenters. The van der Waals surface area contributed by atoms with Gasteiger partial charge in [-0.3, -0.25) is 5.84 Å². The van der Waals surface area contributed by atoms with Crippen molar-refractivity contribution in [3.63, 3.8) is 0 Å². The summed E-state index contributed by atoms with van der Waals surface area (Å²) >= 11 is 11.9. The Morgan fingerprint density at radius 1 is 1.36 bits per heavy atom. The molecule has 1 fully saturated rings. The Hall–Kier alpha value is -0.320. The molecule has 1 aliphatic rings. The van der Waals surface area contributed by atoms with Crippen molar-refractivity contribution in [1.82, 2.24) is 5.43 Å². The van der Waals surface area contributed by atoms with Crippen molar-refractivity contribution in [2.24, 2.45) is 5.84 Å². The van der Waals surface area contributed by atoms with E-state index in [1.54, 1.807) is 12.1 Å². The molecule has 1 aliphatic heterocycles. The van der Waals surface area contributed by atoms with E-state index in [1.807, 2.05) is 6.07 Å². The zero-order valence-corrected chi connectivity index (χ0v) is 8.90. The van der Waals surface area contributed by atoms with Gasteiger partial charge in [0.1, 0.15) is 5.54 Å². The summed E-state index contributed by atoms with van der Waals surface area (Å²) in [6.07, 6.45) is 0. The average Bonchev–Trinajstić information content (AvgIpc) is 2.07. The first kappa shape index (κ1) is 10.2. The van der Waals surface area contributed by atoms with Gasteiger partial charge in [0.2, 0.25) is 0 Å². The van der Waals surface area contributed by atoms with Crippen LogP contribution >= 0.6 is 23.2 Å². The highest BCUT2D eigenvalue weighted by Crippen LogP contribution is 2.34. The van der Waals surface area contributed by atoms with Gasteiger partial charge in [-0.2, -0.15) is 0 Å². The predicted molar refractivity (Wildman–Crippen MR) is 56.3 cm³/mol. The van der Waals surface area contributed by atoms with Gasteiger partial charge in [0.15, 0.2) is 0 Å². The van der Waals surface area contributed by atoms with Crippen LogP contribution in [-0.4, -0.2) is 13.2 Å². The molecule has 1 heterocycles. The number of nitrogens with two attached hydrogens (primary N) is 1. The van der Waals surface area contributed by atoms with E-state index < -0.39 is 0 Å². The van der Waals surface area contributed by atoms with E-state index in [2.05, 4.69) is 5.43 Å². The standard InChI is InChI=1S/C9H10Cl2N2O/c10-6-1-2-7(8(11)3-6)9(13-12)4-14-5-9/h1-3,13H,4-5,12H2. The number of halogens is 2. The van der Waals surface area contributed by atoms with Crippen molar-refractivity contribution in [3.05, 3.63) is 33.8 Å². The van der Waals surface area contributed by atoms with Gasteiger partial charge in [-0.05, 0) is 17.7 Å². The van der Waals surface area contributed by atoms with E-state index >= 15 is 0 Å². The highest BCUT2D eigenvalue weighted by Gasteiger charge is 2.40. The van der Waals surface area contributed by atoms with Crippen LogP contribution in [0.3, 0.4) is 0 Å². The number of hydrogen-bond donors (Lipinski definition) is 2. The van der Waals surface area contributed by atoms with Crippen molar-refractivity contribution < 1.29 is 4.74 Å². The van der Waals surface area contributed by atoms with Gasteiger partial charge in [0.05, 0.1) is 13.2 Å². The zero-order chi connectivity index (χ0) is 10.2. The van der Waals surface area contributed by atoms with Gasteiger partial charge in [0.25, 0.3) is 0 Å². The highest BCUT2D eigenvalue weighted by atomic mass is 35.5. The maximum absolute atomic E-state index is 6.07. The molecule has 2 rings (SSSR count). The topological polar surface area (TPSA) is 47.3 Å². The molecule has 76 valence electrons. The van der Waals surface area contributed by atoms with Crippen molar-refractivity contribution in [2.75, 3.05) is 13.2 Å². The molecule has 0 aromatic heterocycles. The first-order chi connectivity index (χ1) is 6.68. The van der Waals surface area contributed by atoms with Crippen LogP contribution in [0, 0.1) is 0 Å². The van der Waals surface area contributed by atoms with Crippen molar-refractivity contribution >= 4 is 23.2 Å². The Morgan fingerprint density at radius 2 is 2.07 bits per heavy atom. The SMILES string of the molecule is NNC1(c2ccc(Cl)cc2Cl)COC1. The van der Waals surface area contributed by atoms with E-state index in [-0.39, 0.29) is 5.54 Å². The predicted octanol–water partition coefficient (Wildman–Crippen LogP) is 1.68. The van der Waals surface area contributed by atoms with Gasteiger partial charge in [-0.25, -0.2) is 5.43 Å². The molecule has 0 bridgehead atoms. The molecular formula is C9H10Cl2N2O. The summed E-state index contributed by atoms with van der Waals surface area (Å²) in [7, 11) is 0. The first-order valence-electron chi connectivity index (χ1n) is 4.19. The average molecular weight is 233 g/mol. The third-order valence-electron chi connectivity index (χ3n) is 2.42. The fourth-order valence-electron chi connectivity index (χ4n) is 1.50. The van der Waals surface area contributed by atoms with E-state index in [0.29, 0.717) is 23.3 Å². The number of benzene rings is 1. The molecule has 5 heteroatoms. The molecule has 0 saturated carbocycles. The van der Waals surface area contributed by atoms with E-state index in [0.717, 1.165) is 5.56 Å². The Morgan fingerprint density at radius 3 is 2.50 bits per heavy atom. The van der Waals surface area contributed by atoms with Crippen LogP contribution in [0.2, 0.25) is 10.0 Å². The monoisotopic (exact) mass is 232 g/mol. The second kappa shape index (κ2) is 3.68. The molecule has 3 nitrogen and oxygen atoms in total. The molecule has 0 unspecified atom stereocenters. The van der Waals surface area contributed by atoms with E-state index in [1.165, 1.54) is 0 Å². The molecule has 1 aromatic rings. The molecule has 0 spiro atoms. The van der Waals surface area contributed by atoms with Crippen molar-refractivity contribution in [3.8, 4) is 0 Å². The van der Waals surface area contributed by atoms with Crippen LogP contribution in [0.5, 0.6) is 0 Å². The van der Waals surface area contributed by atoms with Gasteiger partial charge < -0.3 is 4.74 Å². The molecular weight excluding hydrogens is 223 g/mol.